The molecule has 0 aliphatic heterocycles. The van der Waals surface area contributed by atoms with Crippen molar-refractivity contribution in [3.63, 3.8) is 0 Å². The van der Waals surface area contributed by atoms with E-state index in [2.05, 4.69) is 10.2 Å². The smallest absolute Gasteiger partial charge is 0.258 e. The Morgan fingerprint density at radius 2 is 1.96 bits per heavy atom. The van der Waals surface area contributed by atoms with E-state index in [0.29, 0.717) is 17.8 Å². The highest BCUT2D eigenvalue weighted by Crippen LogP contribution is 2.26. The molecule has 130 valence electrons. The normalized spacial score (nSPS) is 10.8. The number of rotatable bonds is 6. The van der Waals surface area contributed by atoms with Gasteiger partial charge in [-0.2, -0.15) is 5.10 Å². The van der Waals surface area contributed by atoms with Crippen LogP contribution in [0.2, 0.25) is 0 Å². The van der Waals surface area contributed by atoms with E-state index in [0.717, 1.165) is 16.1 Å². The topological polar surface area (TPSA) is 69.2 Å². The van der Waals surface area contributed by atoms with Crippen molar-refractivity contribution in [3.8, 4) is 11.3 Å². The summed E-state index contributed by atoms with van der Waals surface area (Å²) in [7, 11) is 0. The van der Waals surface area contributed by atoms with Gasteiger partial charge < -0.3 is 10.0 Å². The second kappa shape index (κ2) is 7.63. The van der Waals surface area contributed by atoms with Gasteiger partial charge >= 0.3 is 0 Å². The molecule has 3 rings (SSSR count). The van der Waals surface area contributed by atoms with Crippen LogP contribution in [0.25, 0.3) is 11.3 Å². The highest BCUT2D eigenvalue weighted by atomic mass is 32.1. The van der Waals surface area contributed by atoms with E-state index in [1.54, 1.807) is 16.2 Å². The Balaban J connectivity index is 1.93. The van der Waals surface area contributed by atoms with Gasteiger partial charge in [-0.15, -0.1) is 11.3 Å². The highest BCUT2D eigenvalue weighted by molar-refractivity contribution is 7.11. The average molecular weight is 355 g/mol. The summed E-state index contributed by atoms with van der Waals surface area (Å²) in [6.07, 6.45) is 0. The fourth-order valence-electron chi connectivity index (χ4n) is 2.79. The summed E-state index contributed by atoms with van der Waals surface area (Å²) in [5, 5.41) is 16.7. The lowest BCUT2D eigenvalue weighted by molar-refractivity contribution is 0.0710. The van der Waals surface area contributed by atoms with E-state index < -0.39 is 0 Å². The number of carbonyl (C=O) groups excluding carboxylic acids is 1. The van der Waals surface area contributed by atoms with Gasteiger partial charge in [0.25, 0.3) is 5.91 Å². The molecule has 0 saturated heterocycles. The summed E-state index contributed by atoms with van der Waals surface area (Å²) in [5.74, 6) is -0.120. The zero-order valence-electron chi connectivity index (χ0n) is 14.3. The Labute approximate surface area is 150 Å². The molecule has 5 nitrogen and oxygen atoms in total. The van der Waals surface area contributed by atoms with Crippen molar-refractivity contribution in [2.75, 3.05) is 13.2 Å². The summed E-state index contributed by atoms with van der Waals surface area (Å²) in [6, 6.07) is 13.7. The van der Waals surface area contributed by atoms with Crippen LogP contribution in [0.4, 0.5) is 0 Å². The minimum absolute atomic E-state index is 0.0757. The van der Waals surface area contributed by atoms with Gasteiger partial charge in [0.1, 0.15) is 5.69 Å². The first kappa shape index (κ1) is 17.4. The second-order valence-corrected chi connectivity index (χ2v) is 7.27. The van der Waals surface area contributed by atoms with Crippen molar-refractivity contribution in [1.29, 1.82) is 0 Å². The Kier molecular flexibility index (Phi) is 5.31. The van der Waals surface area contributed by atoms with Crippen LogP contribution < -0.4 is 0 Å². The van der Waals surface area contributed by atoms with Gasteiger partial charge in [-0.25, -0.2) is 0 Å². The summed E-state index contributed by atoms with van der Waals surface area (Å²) in [5.41, 5.74) is 2.83. The van der Waals surface area contributed by atoms with Gasteiger partial charge in [0.05, 0.1) is 18.7 Å². The number of nitrogens with one attached hydrogen (secondary N) is 1. The minimum atomic E-state index is -0.120. The van der Waals surface area contributed by atoms with E-state index >= 15 is 0 Å². The first-order valence-electron chi connectivity index (χ1n) is 8.16. The Hall–Kier alpha value is -2.44. The summed E-state index contributed by atoms with van der Waals surface area (Å²) in [6.45, 7) is 4.58. The molecule has 25 heavy (non-hydrogen) atoms. The fraction of sp³-hybridized carbons (Fsp3) is 0.263. The van der Waals surface area contributed by atoms with Crippen molar-refractivity contribution >= 4 is 17.2 Å². The van der Waals surface area contributed by atoms with Crippen molar-refractivity contribution < 1.29 is 9.90 Å². The summed E-state index contributed by atoms with van der Waals surface area (Å²) < 4.78 is 0. The molecular weight excluding hydrogens is 334 g/mol. The molecule has 0 saturated carbocycles. The lowest BCUT2D eigenvalue weighted by Crippen LogP contribution is -2.33. The largest absolute Gasteiger partial charge is 0.395 e. The molecule has 3 aromatic rings. The lowest BCUT2D eigenvalue weighted by atomic mass is 10.0. The lowest BCUT2D eigenvalue weighted by Gasteiger charge is -2.21. The number of benzene rings is 1. The summed E-state index contributed by atoms with van der Waals surface area (Å²) >= 11 is 1.66. The molecule has 2 N–H and O–H groups in total. The summed E-state index contributed by atoms with van der Waals surface area (Å²) in [4.78, 5) is 17.2. The first-order valence-corrected chi connectivity index (χ1v) is 8.97. The monoisotopic (exact) mass is 355 g/mol. The quantitative estimate of drug-likeness (QED) is 0.712. The first-order chi connectivity index (χ1) is 12.1. The second-order valence-electron chi connectivity index (χ2n) is 5.90. The average Bonchev–Trinajstić information content (AvgIpc) is 3.20. The Morgan fingerprint density at radius 3 is 2.60 bits per heavy atom. The van der Waals surface area contributed by atoms with Crippen molar-refractivity contribution in [2.45, 2.75) is 20.4 Å². The molecule has 0 radical (unpaired) electrons. The molecule has 0 aliphatic rings. The number of thiophene rings is 1. The van der Waals surface area contributed by atoms with Gasteiger partial charge in [0.2, 0.25) is 0 Å². The van der Waals surface area contributed by atoms with Crippen LogP contribution in [0.15, 0.2) is 42.5 Å². The van der Waals surface area contributed by atoms with Gasteiger partial charge in [0, 0.05) is 27.6 Å². The molecule has 1 aromatic carbocycles. The number of aryl methyl sites for hydroxylation is 2. The van der Waals surface area contributed by atoms with Crippen molar-refractivity contribution in [2.24, 2.45) is 0 Å². The van der Waals surface area contributed by atoms with Crippen molar-refractivity contribution in [3.05, 3.63) is 63.5 Å². The Morgan fingerprint density at radius 1 is 1.20 bits per heavy atom. The van der Waals surface area contributed by atoms with E-state index in [1.807, 2.05) is 56.3 Å². The third kappa shape index (κ3) is 3.81. The third-order valence-electron chi connectivity index (χ3n) is 4.01. The van der Waals surface area contributed by atoms with Crippen LogP contribution in [0.1, 0.15) is 25.8 Å². The predicted molar refractivity (Wildman–Crippen MR) is 99.6 cm³/mol. The molecule has 2 aromatic heterocycles. The van der Waals surface area contributed by atoms with E-state index in [1.165, 1.54) is 4.88 Å². The van der Waals surface area contributed by atoms with E-state index in [-0.39, 0.29) is 19.1 Å². The molecule has 0 fully saturated rings. The molecule has 2 heterocycles. The number of aromatic nitrogens is 2. The van der Waals surface area contributed by atoms with Crippen LogP contribution in [0.5, 0.6) is 0 Å². The molecule has 0 spiro atoms. The molecule has 6 heteroatoms. The zero-order chi connectivity index (χ0) is 17.8. The van der Waals surface area contributed by atoms with Crippen LogP contribution in [0.3, 0.4) is 0 Å². The highest BCUT2D eigenvalue weighted by Gasteiger charge is 2.24. The number of hydrogen-bond acceptors (Lipinski definition) is 4. The number of hydrogen-bond donors (Lipinski definition) is 2. The number of H-pyrrole nitrogens is 1. The number of nitrogens with zero attached hydrogens (tertiary/aromatic N) is 2. The maximum absolute atomic E-state index is 13.2. The number of carbonyl (C=O) groups is 1. The van der Waals surface area contributed by atoms with E-state index in [9.17, 15) is 9.90 Å². The van der Waals surface area contributed by atoms with Crippen LogP contribution >= 0.6 is 11.3 Å². The SMILES string of the molecule is Cc1ccc(CN(CCO)C(=O)c2c(-c3ccccc3)n[nH]c2C)s1. The minimum Gasteiger partial charge on any atom is -0.395 e. The number of amides is 1. The maximum Gasteiger partial charge on any atom is 0.258 e. The fourth-order valence-corrected chi connectivity index (χ4v) is 3.69. The predicted octanol–water partition coefficient (Wildman–Crippen LogP) is 3.39. The molecule has 0 aliphatic carbocycles. The molecule has 0 atom stereocenters. The zero-order valence-corrected chi connectivity index (χ0v) is 15.1. The Bertz CT molecular complexity index is 855. The van der Waals surface area contributed by atoms with Gasteiger partial charge in [-0.1, -0.05) is 30.3 Å². The maximum atomic E-state index is 13.2. The number of aliphatic hydroxyl groups excluding tert-OH is 1. The van der Waals surface area contributed by atoms with Crippen LogP contribution in [0, 0.1) is 13.8 Å². The number of aliphatic hydroxyl groups is 1. The molecule has 1 amide bonds. The standard InChI is InChI=1S/C19H21N3O2S/c1-13-8-9-16(25-13)12-22(10-11-23)19(24)17-14(2)20-21-18(17)15-6-4-3-5-7-15/h3-9,23H,10-12H2,1-2H3,(H,20,21). The number of aromatic amines is 1. The molecular formula is C19H21N3O2S. The van der Waals surface area contributed by atoms with E-state index in [4.69, 9.17) is 0 Å². The third-order valence-corrected chi connectivity index (χ3v) is 4.99. The van der Waals surface area contributed by atoms with Crippen molar-refractivity contribution in [1.82, 2.24) is 15.1 Å². The van der Waals surface area contributed by atoms with Gasteiger partial charge in [-0.05, 0) is 26.0 Å². The van der Waals surface area contributed by atoms with Crippen LogP contribution in [-0.4, -0.2) is 39.3 Å². The van der Waals surface area contributed by atoms with Crippen LogP contribution in [-0.2, 0) is 6.54 Å². The van der Waals surface area contributed by atoms with Gasteiger partial charge in [-0.3, -0.25) is 9.89 Å². The molecule has 0 bridgehead atoms. The van der Waals surface area contributed by atoms with Gasteiger partial charge in [0.15, 0.2) is 0 Å². The molecule has 0 unspecified atom stereocenters.